The van der Waals surface area contributed by atoms with Crippen molar-refractivity contribution < 1.29 is 13.5 Å². The number of fused-ring (bicyclic) bond motifs is 1. The van der Waals surface area contributed by atoms with Crippen LogP contribution in [0.3, 0.4) is 0 Å². The maximum absolute atomic E-state index is 12.4. The van der Waals surface area contributed by atoms with Gasteiger partial charge in [-0.25, -0.2) is 0 Å². The van der Waals surface area contributed by atoms with Crippen molar-refractivity contribution in [1.82, 2.24) is 0 Å². The Kier molecular flexibility index (Phi) is 7.70. The smallest absolute Gasteiger partial charge is 0.387 e. The largest absolute Gasteiger partial charge is 0.435 e. The lowest BCUT2D eigenvalue weighted by molar-refractivity contribution is -0.0498. The fourth-order valence-corrected chi connectivity index (χ4v) is 7.02. The van der Waals surface area contributed by atoms with Gasteiger partial charge in [-0.05, 0) is 105 Å². The van der Waals surface area contributed by atoms with Crippen LogP contribution in [0, 0.1) is 29.6 Å². The zero-order valence-corrected chi connectivity index (χ0v) is 18.7. The molecule has 1 aromatic carbocycles. The van der Waals surface area contributed by atoms with Crippen molar-refractivity contribution in [2.24, 2.45) is 29.6 Å². The fourth-order valence-electron chi connectivity index (χ4n) is 7.02. The molecule has 0 radical (unpaired) electrons. The molecule has 0 aliphatic heterocycles. The molecular formula is C27H40F2O. The van der Waals surface area contributed by atoms with Gasteiger partial charge in [0, 0.05) is 0 Å². The predicted molar refractivity (Wildman–Crippen MR) is 119 cm³/mol. The summed E-state index contributed by atoms with van der Waals surface area (Å²) in [5.41, 5.74) is 1.31. The van der Waals surface area contributed by atoms with E-state index in [9.17, 15) is 8.78 Å². The number of rotatable bonds is 7. The highest BCUT2D eigenvalue weighted by atomic mass is 19.3. The van der Waals surface area contributed by atoms with Gasteiger partial charge in [-0.15, -0.1) is 0 Å². The lowest BCUT2D eigenvalue weighted by atomic mass is 9.60. The van der Waals surface area contributed by atoms with Crippen LogP contribution in [0.1, 0.15) is 102 Å². The average Bonchev–Trinajstić information content (AvgIpc) is 2.77. The van der Waals surface area contributed by atoms with Crippen molar-refractivity contribution in [3.8, 4) is 5.75 Å². The molecule has 168 valence electrons. The number of halogens is 2. The van der Waals surface area contributed by atoms with Gasteiger partial charge in [-0.3, -0.25) is 0 Å². The van der Waals surface area contributed by atoms with E-state index >= 15 is 0 Å². The molecule has 3 fully saturated rings. The van der Waals surface area contributed by atoms with Gasteiger partial charge < -0.3 is 4.74 Å². The first kappa shape index (κ1) is 22.1. The summed E-state index contributed by atoms with van der Waals surface area (Å²) in [5.74, 6) is 5.68. The quantitative estimate of drug-likeness (QED) is 0.431. The topological polar surface area (TPSA) is 9.23 Å². The molecule has 0 aromatic heterocycles. The third-order valence-electron chi connectivity index (χ3n) is 8.75. The van der Waals surface area contributed by atoms with Crippen molar-refractivity contribution >= 4 is 0 Å². The number of benzene rings is 1. The highest BCUT2D eigenvalue weighted by molar-refractivity contribution is 5.30. The van der Waals surface area contributed by atoms with Crippen LogP contribution in [0.4, 0.5) is 8.78 Å². The molecule has 3 aliphatic rings. The van der Waals surface area contributed by atoms with Crippen LogP contribution in [0.25, 0.3) is 0 Å². The Morgan fingerprint density at radius 3 is 2.07 bits per heavy atom. The van der Waals surface area contributed by atoms with Crippen molar-refractivity contribution in [2.75, 3.05) is 0 Å². The van der Waals surface area contributed by atoms with Gasteiger partial charge in [0.25, 0.3) is 0 Å². The van der Waals surface area contributed by atoms with Crippen molar-refractivity contribution in [3.63, 3.8) is 0 Å². The number of hydrogen-bond donors (Lipinski definition) is 0. The van der Waals surface area contributed by atoms with Gasteiger partial charge in [0.2, 0.25) is 0 Å². The summed E-state index contributed by atoms with van der Waals surface area (Å²) in [6, 6.07) is 7.43. The second-order valence-corrected chi connectivity index (χ2v) is 10.5. The molecule has 4 atom stereocenters. The number of alkyl halides is 2. The zero-order valence-electron chi connectivity index (χ0n) is 18.7. The molecule has 0 spiro atoms. The first-order chi connectivity index (χ1) is 14.6. The maximum Gasteiger partial charge on any atom is 0.387 e. The summed E-state index contributed by atoms with van der Waals surface area (Å²) >= 11 is 0. The van der Waals surface area contributed by atoms with Crippen molar-refractivity contribution in [2.45, 2.75) is 103 Å². The van der Waals surface area contributed by atoms with Crippen molar-refractivity contribution in [1.29, 1.82) is 0 Å². The summed E-state index contributed by atoms with van der Waals surface area (Å²) in [4.78, 5) is 0. The highest BCUT2D eigenvalue weighted by Crippen LogP contribution is 2.51. The minimum absolute atomic E-state index is 0.271. The van der Waals surface area contributed by atoms with E-state index < -0.39 is 6.61 Å². The molecule has 4 unspecified atom stereocenters. The SMILES string of the molecule is CCCCC1CCC(C2CCC3CC(c4ccc(OC(F)F)cc4)CCC3C2)CC1. The van der Waals surface area contributed by atoms with Crippen molar-refractivity contribution in [3.05, 3.63) is 29.8 Å². The lowest BCUT2D eigenvalue weighted by Crippen LogP contribution is -2.34. The van der Waals surface area contributed by atoms with Gasteiger partial charge in [0.15, 0.2) is 0 Å². The molecule has 3 aliphatic carbocycles. The van der Waals surface area contributed by atoms with Crippen LogP contribution < -0.4 is 4.74 Å². The van der Waals surface area contributed by atoms with Gasteiger partial charge in [-0.2, -0.15) is 8.78 Å². The molecule has 0 N–H and O–H groups in total. The first-order valence-corrected chi connectivity index (χ1v) is 12.7. The minimum Gasteiger partial charge on any atom is -0.435 e. The molecule has 0 saturated heterocycles. The molecule has 0 heterocycles. The monoisotopic (exact) mass is 418 g/mol. The van der Waals surface area contributed by atoms with Crippen LogP contribution in [-0.2, 0) is 0 Å². The van der Waals surface area contributed by atoms with Gasteiger partial charge in [0.1, 0.15) is 5.75 Å². The van der Waals surface area contributed by atoms with E-state index in [2.05, 4.69) is 11.7 Å². The molecule has 1 aromatic rings. The normalized spacial score (nSPS) is 34.5. The molecule has 3 saturated carbocycles. The number of ether oxygens (including phenoxy) is 1. The Labute approximate surface area is 182 Å². The second-order valence-electron chi connectivity index (χ2n) is 10.5. The Balaban J connectivity index is 1.25. The molecule has 0 amide bonds. The predicted octanol–water partition coefficient (Wildman–Crippen LogP) is 8.58. The zero-order chi connectivity index (χ0) is 20.9. The van der Waals surface area contributed by atoms with E-state index in [1.807, 2.05) is 12.1 Å². The van der Waals surface area contributed by atoms with E-state index in [4.69, 9.17) is 0 Å². The van der Waals surface area contributed by atoms with Gasteiger partial charge >= 0.3 is 6.61 Å². The standard InChI is InChI=1S/C27H40F2O/c1-2-3-4-19-5-7-20(8-6-19)22-9-11-25-18-23(10-12-24(25)17-22)21-13-15-26(16-14-21)30-27(28)29/h13-16,19-20,22-25,27H,2-12,17-18H2,1H3. The van der Waals surface area contributed by atoms with E-state index in [1.54, 1.807) is 12.1 Å². The van der Waals surface area contributed by atoms with Crippen LogP contribution in [0.15, 0.2) is 24.3 Å². The Hall–Kier alpha value is -1.12. The lowest BCUT2D eigenvalue weighted by Gasteiger charge is -2.45. The van der Waals surface area contributed by atoms with E-state index in [0.29, 0.717) is 5.92 Å². The number of unbranched alkanes of at least 4 members (excludes halogenated alkanes) is 1. The molecule has 4 rings (SSSR count). The molecule has 3 heteroatoms. The highest BCUT2D eigenvalue weighted by Gasteiger charge is 2.39. The Morgan fingerprint density at radius 1 is 0.800 bits per heavy atom. The molecule has 0 bridgehead atoms. The van der Waals surface area contributed by atoms with Crippen LogP contribution in [0.5, 0.6) is 5.75 Å². The second kappa shape index (κ2) is 10.5. The van der Waals surface area contributed by atoms with Crippen LogP contribution in [-0.4, -0.2) is 6.61 Å². The maximum atomic E-state index is 12.4. The average molecular weight is 419 g/mol. The summed E-state index contributed by atoms with van der Waals surface area (Å²) in [6.07, 6.45) is 18.4. The van der Waals surface area contributed by atoms with E-state index in [-0.39, 0.29) is 5.75 Å². The first-order valence-electron chi connectivity index (χ1n) is 12.7. The number of hydrogen-bond acceptors (Lipinski definition) is 1. The molecule has 30 heavy (non-hydrogen) atoms. The third-order valence-corrected chi connectivity index (χ3v) is 8.75. The van der Waals surface area contributed by atoms with Crippen LogP contribution in [0.2, 0.25) is 0 Å². The van der Waals surface area contributed by atoms with E-state index in [1.165, 1.54) is 89.0 Å². The molecule has 1 nitrogen and oxygen atoms in total. The van der Waals surface area contributed by atoms with Gasteiger partial charge in [-0.1, -0.05) is 51.2 Å². The summed E-state index contributed by atoms with van der Waals surface area (Å²) in [5, 5.41) is 0. The minimum atomic E-state index is -2.74. The molecular weight excluding hydrogens is 378 g/mol. The Bertz CT molecular complexity index is 635. The fraction of sp³-hybridized carbons (Fsp3) is 0.778. The third kappa shape index (κ3) is 5.56. The Morgan fingerprint density at radius 2 is 1.40 bits per heavy atom. The van der Waals surface area contributed by atoms with Crippen LogP contribution >= 0.6 is 0 Å². The van der Waals surface area contributed by atoms with E-state index in [0.717, 1.165) is 29.6 Å². The summed E-state index contributed by atoms with van der Waals surface area (Å²) in [7, 11) is 0. The summed E-state index contributed by atoms with van der Waals surface area (Å²) in [6.45, 7) is -0.428. The summed E-state index contributed by atoms with van der Waals surface area (Å²) < 4.78 is 29.3. The van der Waals surface area contributed by atoms with Gasteiger partial charge in [0.05, 0.1) is 0 Å².